The highest BCUT2D eigenvalue weighted by atomic mass is 32.3. The molecule has 42 heavy (non-hydrogen) atoms. The molecule has 208 valence electrons. The maximum atomic E-state index is 15.1. The third-order valence-corrected chi connectivity index (χ3v) is 14.3. The highest BCUT2D eigenvalue weighted by Gasteiger charge is 2.35. The molecule has 0 aromatic heterocycles. The second kappa shape index (κ2) is 13.0. The first-order valence-corrected chi connectivity index (χ1v) is 17.1. The number of carbonyl (C=O) groups excluding carboxylic acids is 1. The average Bonchev–Trinajstić information content (AvgIpc) is 3.08. The molecule has 5 rings (SSSR count). The van der Waals surface area contributed by atoms with Gasteiger partial charge in [-0.05, 0) is 67.1 Å². The summed E-state index contributed by atoms with van der Waals surface area (Å²) in [6.07, 6.45) is 6.62. The van der Waals surface area contributed by atoms with Gasteiger partial charge in [-0.1, -0.05) is 116 Å². The molecule has 4 heteroatoms. The van der Waals surface area contributed by atoms with E-state index in [2.05, 4.69) is 67.2 Å². The standard InChI is InChI=1S/C38H33O2PS/c1-3-35(27-24-31(2)30-39)42(36-20-12-6-13-21-36,37-22-14-7-15-23-37)38-28-25-34(26-29-38)41(40,32-16-8-4-9-17-32)33-18-10-5-11-19-33/h3-30H,1H2,2H3/b31-24+,35-27+. The number of aldehydes is 1. The molecule has 0 amide bonds. The van der Waals surface area contributed by atoms with E-state index in [9.17, 15) is 4.79 Å². The molecule has 0 saturated carbocycles. The van der Waals surface area contributed by atoms with Crippen molar-refractivity contribution >= 4 is 39.4 Å². The molecule has 0 aliphatic rings. The third-order valence-electron chi connectivity index (χ3n) is 7.24. The molecule has 0 saturated heterocycles. The average molecular weight is 585 g/mol. The van der Waals surface area contributed by atoms with Crippen LogP contribution in [-0.4, -0.2) is 6.29 Å². The highest BCUT2D eigenvalue weighted by Crippen LogP contribution is 2.73. The van der Waals surface area contributed by atoms with Gasteiger partial charge in [-0.3, -0.25) is 4.79 Å². The summed E-state index contributed by atoms with van der Waals surface area (Å²) in [7, 11) is -5.15. The molecule has 0 unspecified atom stereocenters. The van der Waals surface area contributed by atoms with Gasteiger partial charge in [0.1, 0.15) is 6.29 Å². The molecule has 0 aliphatic heterocycles. The van der Waals surface area contributed by atoms with Gasteiger partial charge in [-0.25, -0.2) is 0 Å². The van der Waals surface area contributed by atoms with E-state index in [4.69, 9.17) is 0 Å². The van der Waals surface area contributed by atoms with Gasteiger partial charge >= 0.3 is 0 Å². The normalized spacial score (nSPS) is 12.9. The number of allylic oxidation sites excluding steroid dienone is 4. The molecule has 5 aromatic rings. The van der Waals surface area contributed by atoms with E-state index < -0.39 is 17.2 Å². The predicted molar refractivity (Wildman–Crippen MR) is 179 cm³/mol. The molecule has 0 heterocycles. The van der Waals surface area contributed by atoms with Crippen LogP contribution in [0.25, 0.3) is 0 Å². The third kappa shape index (κ3) is 5.42. The van der Waals surface area contributed by atoms with E-state index in [1.807, 2.05) is 103 Å². The van der Waals surface area contributed by atoms with Crippen LogP contribution in [0.2, 0.25) is 0 Å². The zero-order valence-corrected chi connectivity index (χ0v) is 25.3. The van der Waals surface area contributed by atoms with Crippen LogP contribution in [-0.2, 0) is 9.36 Å². The van der Waals surface area contributed by atoms with Crippen molar-refractivity contribution in [2.75, 3.05) is 0 Å². The Labute approximate surface area is 250 Å². The summed E-state index contributed by atoms with van der Waals surface area (Å²) in [6.45, 7) is 6.03. The second-order valence-corrected chi connectivity index (χ2v) is 15.7. The maximum Gasteiger partial charge on any atom is 0.171 e. The second-order valence-electron chi connectivity index (χ2n) is 9.81. The first-order valence-electron chi connectivity index (χ1n) is 13.8. The maximum absolute atomic E-state index is 15.1. The van der Waals surface area contributed by atoms with E-state index in [1.54, 1.807) is 6.92 Å². The summed E-state index contributed by atoms with van der Waals surface area (Å²) < 4.78 is 15.1. The summed E-state index contributed by atoms with van der Waals surface area (Å²) in [4.78, 5) is 15.9. The monoisotopic (exact) mass is 584 g/mol. The molecule has 0 spiro atoms. The number of benzene rings is 5. The minimum atomic E-state index is -3.13. The van der Waals surface area contributed by atoms with Crippen LogP contribution in [0.4, 0.5) is 0 Å². The van der Waals surface area contributed by atoms with Crippen molar-refractivity contribution in [3.63, 3.8) is 0 Å². The van der Waals surface area contributed by atoms with Crippen molar-refractivity contribution in [2.45, 2.75) is 21.6 Å². The Kier molecular flexibility index (Phi) is 9.03. The lowest BCUT2D eigenvalue weighted by atomic mass is 10.3. The molecular weight excluding hydrogens is 551 g/mol. The summed E-state index contributed by atoms with van der Waals surface area (Å²) >= 11 is 0. The lowest BCUT2D eigenvalue weighted by Gasteiger charge is -2.43. The molecular formula is C38H33O2PS. The lowest BCUT2D eigenvalue weighted by molar-refractivity contribution is -0.104. The van der Waals surface area contributed by atoms with Crippen molar-refractivity contribution in [2.24, 2.45) is 0 Å². The van der Waals surface area contributed by atoms with Crippen molar-refractivity contribution in [1.29, 1.82) is 0 Å². The van der Waals surface area contributed by atoms with E-state index >= 15 is 4.57 Å². The Morgan fingerprint density at radius 3 is 1.36 bits per heavy atom. The van der Waals surface area contributed by atoms with E-state index in [0.29, 0.717) is 5.57 Å². The van der Waals surface area contributed by atoms with Crippen LogP contribution >= 0.6 is 17.2 Å². The number of hydrogen-bond acceptors (Lipinski definition) is 2. The minimum Gasteiger partial charge on any atom is -0.309 e. The molecule has 2 nitrogen and oxygen atoms in total. The van der Waals surface area contributed by atoms with Crippen LogP contribution in [0.15, 0.2) is 196 Å². The van der Waals surface area contributed by atoms with Crippen LogP contribution < -0.4 is 15.9 Å². The van der Waals surface area contributed by atoms with Gasteiger partial charge < -0.3 is 4.57 Å². The van der Waals surface area contributed by atoms with Gasteiger partial charge in [-0.15, -0.1) is 10.0 Å². The Bertz CT molecular complexity index is 1680. The van der Waals surface area contributed by atoms with Gasteiger partial charge in [0.25, 0.3) is 0 Å². The van der Waals surface area contributed by atoms with Crippen LogP contribution in [0.5, 0.6) is 0 Å². The van der Waals surface area contributed by atoms with Crippen molar-refractivity contribution in [1.82, 2.24) is 0 Å². The molecule has 0 bridgehead atoms. The topological polar surface area (TPSA) is 34.1 Å². The largest absolute Gasteiger partial charge is 0.309 e. The van der Waals surface area contributed by atoms with Crippen molar-refractivity contribution < 1.29 is 9.36 Å². The number of hydrogen-bond donors (Lipinski definition) is 0. The van der Waals surface area contributed by atoms with E-state index in [1.165, 1.54) is 0 Å². The summed E-state index contributed by atoms with van der Waals surface area (Å²) in [6, 6.07) is 48.6. The van der Waals surface area contributed by atoms with Gasteiger partial charge in [0.05, 0.1) is 0 Å². The van der Waals surface area contributed by atoms with Gasteiger partial charge in [-0.2, -0.15) is 0 Å². The molecule has 0 atom stereocenters. The van der Waals surface area contributed by atoms with Crippen molar-refractivity contribution in [3.8, 4) is 0 Å². The summed E-state index contributed by atoms with van der Waals surface area (Å²) in [5, 5.41) is 2.38. The fraction of sp³-hybridized carbons (Fsp3) is 0.0263. The fourth-order valence-corrected chi connectivity index (χ4v) is 11.7. The minimum absolute atomic E-state index is 0.630. The molecule has 0 radical (unpaired) electrons. The Balaban J connectivity index is 1.80. The molecule has 5 aromatic carbocycles. The summed E-state index contributed by atoms with van der Waals surface area (Å²) in [5.41, 5.74) is 0.630. The van der Waals surface area contributed by atoms with Gasteiger partial charge in [0.15, 0.2) is 7.14 Å². The quantitative estimate of drug-likeness (QED) is 0.0711. The zero-order chi connectivity index (χ0) is 29.4. The molecule has 0 aliphatic carbocycles. The Hall–Kier alpha value is -4.43. The van der Waals surface area contributed by atoms with Gasteiger partial charge in [0.2, 0.25) is 0 Å². The highest BCUT2D eigenvalue weighted by molar-refractivity contribution is 8.37. The van der Waals surface area contributed by atoms with E-state index in [0.717, 1.165) is 41.8 Å². The SMILES string of the molecule is C=C/C(=C\C=C(/C)C=O)S(c1ccccc1)(c1ccccc1)c1ccc(P(=O)(c2ccccc2)c2ccccc2)cc1. The smallest absolute Gasteiger partial charge is 0.171 e. The molecule has 0 N–H and O–H groups in total. The number of rotatable bonds is 10. The fourth-order valence-electron chi connectivity index (χ4n) is 5.20. The first kappa shape index (κ1) is 29.1. The van der Waals surface area contributed by atoms with Crippen molar-refractivity contribution in [3.05, 3.63) is 181 Å². The lowest BCUT2D eigenvalue weighted by Crippen LogP contribution is -2.25. The number of carbonyl (C=O) groups is 1. The van der Waals surface area contributed by atoms with E-state index in [-0.39, 0.29) is 0 Å². The van der Waals surface area contributed by atoms with Gasteiger partial charge in [0, 0.05) is 35.5 Å². The van der Waals surface area contributed by atoms with Crippen LogP contribution in [0, 0.1) is 0 Å². The summed E-state index contributed by atoms with van der Waals surface area (Å²) in [5.74, 6) is 0. The van der Waals surface area contributed by atoms with Crippen LogP contribution in [0.3, 0.4) is 0 Å². The predicted octanol–water partition coefficient (Wildman–Crippen LogP) is 8.82. The Morgan fingerprint density at radius 2 is 0.952 bits per heavy atom. The zero-order valence-electron chi connectivity index (χ0n) is 23.5. The molecule has 0 fully saturated rings. The van der Waals surface area contributed by atoms with Crippen LogP contribution in [0.1, 0.15) is 6.92 Å². The first-order chi connectivity index (χ1) is 20.5. The Morgan fingerprint density at radius 1 is 0.571 bits per heavy atom.